The lowest BCUT2D eigenvalue weighted by Gasteiger charge is -2.09. The normalized spacial score (nSPS) is 12.8. The monoisotopic (exact) mass is 506 g/mol. The number of aliphatic hydroxyl groups excluding tert-OH is 1. The van der Waals surface area contributed by atoms with Gasteiger partial charge in [-0.25, -0.2) is 19.1 Å². The second-order valence-corrected chi connectivity index (χ2v) is 8.48. The standard InChI is InChI=1S/C23H22ClF3N6O2/c1-14-5-3-4-6-18(14)33-20(15(2)34)28-19(29-33)13-32-22(35)31(12-11-23(25,26)27)21(30-32)16-7-9-17(24)10-8-16/h3-10,15,34H,11-13H2,1-2H3. The highest BCUT2D eigenvalue weighted by molar-refractivity contribution is 6.30. The molecule has 184 valence electrons. The molecule has 1 N–H and O–H groups in total. The minimum atomic E-state index is -4.45. The molecule has 12 heteroatoms. The number of hydrogen-bond donors (Lipinski definition) is 1. The third kappa shape index (κ3) is 5.46. The van der Waals surface area contributed by atoms with E-state index in [1.165, 1.54) is 4.68 Å². The van der Waals surface area contributed by atoms with Crippen molar-refractivity contribution in [2.75, 3.05) is 0 Å². The van der Waals surface area contributed by atoms with E-state index >= 15 is 0 Å². The SMILES string of the molecule is Cc1ccccc1-n1nc(Cn2nc(-c3ccc(Cl)cc3)n(CCC(F)(F)F)c2=O)nc1C(C)O. The van der Waals surface area contributed by atoms with Gasteiger partial charge in [0.05, 0.1) is 12.1 Å². The molecule has 0 saturated carbocycles. The van der Waals surface area contributed by atoms with Gasteiger partial charge < -0.3 is 5.11 Å². The third-order valence-corrected chi connectivity index (χ3v) is 5.58. The molecule has 0 radical (unpaired) electrons. The Kier molecular flexibility index (Phi) is 6.82. The molecule has 0 spiro atoms. The lowest BCUT2D eigenvalue weighted by atomic mass is 10.2. The van der Waals surface area contributed by atoms with Crippen molar-refractivity contribution in [2.24, 2.45) is 0 Å². The smallest absolute Gasteiger partial charge is 0.385 e. The Labute approximate surface area is 203 Å². The van der Waals surface area contributed by atoms with Gasteiger partial charge in [0.25, 0.3) is 0 Å². The molecule has 0 aliphatic rings. The highest BCUT2D eigenvalue weighted by Crippen LogP contribution is 2.24. The largest absolute Gasteiger partial charge is 0.390 e. The summed E-state index contributed by atoms with van der Waals surface area (Å²) in [6.45, 7) is 2.63. The van der Waals surface area contributed by atoms with E-state index in [0.717, 1.165) is 14.8 Å². The van der Waals surface area contributed by atoms with E-state index in [9.17, 15) is 23.1 Å². The fraction of sp³-hybridized carbons (Fsp3) is 0.304. The number of para-hydroxylation sites is 1. The number of aliphatic hydroxyl groups is 1. The van der Waals surface area contributed by atoms with Gasteiger partial charge in [-0.05, 0) is 49.7 Å². The summed E-state index contributed by atoms with van der Waals surface area (Å²) in [4.78, 5) is 17.4. The zero-order chi connectivity index (χ0) is 25.3. The number of aromatic nitrogens is 6. The van der Waals surface area contributed by atoms with Crippen LogP contribution < -0.4 is 5.69 Å². The van der Waals surface area contributed by atoms with Crippen molar-refractivity contribution in [1.29, 1.82) is 0 Å². The average Bonchev–Trinajstić information content (AvgIpc) is 3.34. The highest BCUT2D eigenvalue weighted by Gasteiger charge is 2.29. The van der Waals surface area contributed by atoms with Crippen LogP contribution in [0.3, 0.4) is 0 Å². The second kappa shape index (κ2) is 9.67. The lowest BCUT2D eigenvalue weighted by molar-refractivity contribution is -0.136. The molecule has 2 heterocycles. The van der Waals surface area contributed by atoms with Crippen molar-refractivity contribution in [1.82, 2.24) is 29.1 Å². The zero-order valence-electron chi connectivity index (χ0n) is 18.9. The first-order chi connectivity index (χ1) is 16.5. The molecule has 0 bridgehead atoms. The van der Waals surface area contributed by atoms with Gasteiger partial charge in [0.15, 0.2) is 17.5 Å². The molecule has 2 aromatic heterocycles. The molecule has 2 aromatic carbocycles. The number of rotatable bonds is 7. The topological polar surface area (TPSA) is 90.8 Å². The van der Waals surface area contributed by atoms with Crippen LogP contribution in [0.25, 0.3) is 17.1 Å². The molecule has 0 amide bonds. The maximum Gasteiger partial charge on any atom is 0.390 e. The minimum Gasteiger partial charge on any atom is -0.385 e. The summed E-state index contributed by atoms with van der Waals surface area (Å²) in [5.74, 6) is 0.510. The van der Waals surface area contributed by atoms with E-state index in [4.69, 9.17) is 11.6 Å². The fourth-order valence-electron chi connectivity index (χ4n) is 3.61. The van der Waals surface area contributed by atoms with E-state index in [2.05, 4.69) is 15.2 Å². The summed E-state index contributed by atoms with van der Waals surface area (Å²) < 4.78 is 42.3. The van der Waals surface area contributed by atoms with Gasteiger partial charge in [-0.2, -0.15) is 13.2 Å². The molecule has 4 aromatic rings. The van der Waals surface area contributed by atoms with Crippen LogP contribution >= 0.6 is 11.6 Å². The van der Waals surface area contributed by atoms with Crippen LogP contribution in [0.1, 0.15) is 36.7 Å². The van der Waals surface area contributed by atoms with E-state index in [-0.39, 0.29) is 24.0 Å². The second-order valence-electron chi connectivity index (χ2n) is 8.05. The molecule has 1 unspecified atom stereocenters. The van der Waals surface area contributed by atoms with E-state index in [0.29, 0.717) is 16.3 Å². The predicted octanol–water partition coefficient (Wildman–Crippen LogP) is 4.31. The number of halogens is 4. The Morgan fingerprint density at radius 3 is 2.40 bits per heavy atom. The summed E-state index contributed by atoms with van der Waals surface area (Å²) in [6, 6.07) is 13.7. The molecule has 1 atom stereocenters. The molecular formula is C23H22ClF3N6O2. The first kappa shape index (κ1) is 24.7. The number of benzene rings is 2. The summed E-state index contributed by atoms with van der Waals surface area (Å²) in [6.07, 6.45) is -6.59. The van der Waals surface area contributed by atoms with E-state index in [1.54, 1.807) is 31.2 Å². The van der Waals surface area contributed by atoms with Crippen LogP contribution in [-0.2, 0) is 13.1 Å². The summed E-state index contributed by atoms with van der Waals surface area (Å²) in [7, 11) is 0. The molecule has 0 aliphatic carbocycles. The number of alkyl halides is 3. The van der Waals surface area contributed by atoms with Crippen molar-refractivity contribution < 1.29 is 18.3 Å². The zero-order valence-corrected chi connectivity index (χ0v) is 19.6. The molecule has 8 nitrogen and oxygen atoms in total. The average molecular weight is 507 g/mol. The van der Waals surface area contributed by atoms with Gasteiger partial charge in [0.1, 0.15) is 12.6 Å². The van der Waals surface area contributed by atoms with Crippen molar-refractivity contribution in [2.45, 2.75) is 45.6 Å². The summed E-state index contributed by atoms with van der Waals surface area (Å²) in [5.41, 5.74) is 1.30. The molecule has 0 aliphatic heterocycles. The molecule has 0 fully saturated rings. The fourth-order valence-corrected chi connectivity index (χ4v) is 3.74. The van der Waals surface area contributed by atoms with Gasteiger partial charge in [0.2, 0.25) is 0 Å². The summed E-state index contributed by atoms with van der Waals surface area (Å²) >= 11 is 5.93. The predicted molar refractivity (Wildman–Crippen MR) is 123 cm³/mol. The van der Waals surface area contributed by atoms with E-state index < -0.39 is 30.9 Å². The van der Waals surface area contributed by atoms with Gasteiger partial charge in [-0.15, -0.1) is 10.2 Å². The molecule has 4 rings (SSSR count). The van der Waals surface area contributed by atoms with Crippen LogP contribution in [0, 0.1) is 6.92 Å². The van der Waals surface area contributed by atoms with Crippen molar-refractivity contribution >= 4 is 11.6 Å². The maximum absolute atomic E-state index is 13.1. The maximum atomic E-state index is 13.1. The van der Waals surface area contributed by atoms with Crippen LogP contribution in [0.5, 0.6) is 0 Å². The molecule has 35 heavy (non-hydrogen) atoms. The number of nitrogens with zero attached hydrogens (tertiary/aromatic N) is 6. The number of hydrogen-bond acceptors (Lipinski definition) is 5. The number of aryl methyl sites for hydroxylation is 1. The van der Waals surface area contributed by atoms with Crippen LogP contribution in [0.4, 0.5) is 13.2 Å². The van der Waals surface area contributed by atoms with Crippen molar-refractivity contribution in [3.8, 4) is 17.1 Å². The summed E-state index contributed by atoms with van der Waals surface area (Å²) in [5, 5.41) is 19.4. The Morgan fingerprint density at radius 1 is 1.09 bits per heavy atom. The third-order valence-electron chi connectivity index (χ3n) is 5.33. The quantitative estimate of drug-likeness (QED) is 0.403. The van der Waals surface area contributed by atoms with Gasteiger partial charge in [-0.1, -0.05) is 29.8 Å². The van der Waals surface area contributed by atoms with Crippen molar-refractivity contribution in [3.05, 3.63) is 81.3 Å². The van der Waals surface area contributed by atoms with E-state index in [1.807, 2.05) is 31.2 Å². The molecular weight excluding hydrogens is 485 g/mol. The van der Waals surface area contributed by atoms with Gasteiger partial charge >= 0.3 is 11.9 Å². The van der Waals surface area contributed by atoms with Crippen LogP contribution in [0.2, 0.25) is 5.02 Å². The highest BCUT2D eigenvalue weighted by atomic mass is 35.5. The van der Waals surface area contributed by atoms with Crippen LogP contribution in [-0.4, -0.2) is 40.4 Å². The van der Waals surface area contributed by atoms with Gasteiger partial charge in [0, 0.05) is 17.1 Å². The molecule has 0 saturated heterocycles. The van der Waals surface area contributed by atoms with Crippen molar-refractivity contribution in [3.63, 3.8) is 0 Å². The first-order valence-corrected chi connectivity index (χ1v) is 11.1. The Balaban J connectivity index is 1.75. The van der Waals surface area contributed by atoms with Crippen LogP contribution in [0.15, 0.2) is 53.3 Å². The minimum absolute atomic E-state index is 0.0741. The lowest BCUT2D eigenvalue weighted by Crippen LogP contribution is -2.27. The first-order valence-electron chi connectivity index (χ1n) is 10.7. The Bertz CT molecular complexity index is 1390. The van der Waals surface area contributed by atoms with Gasteiger partial charge in [-0.3, -0.25) is 4.57 Å². The Morgan fingerprint density at radius 2 is 1.77 bits per heavy atom. The Hall–Kier alpha value is -3.44.